The summed E-state index contributed by atoms with van der Waals surface area (Å²) in [6, 6.07) is 4.43. The second-order valence-corrected chi connectivity index (χ2v) is 9.98. The summed E-state index contributed by atoms with van der Waals surface area (Å²) in [5.74, 6) is 2.88. The summed E-state index contributed by atoms with van der Waals surface area (Å²) in [6.45, 7) is 7.28. The third-order valence-corrected chi connectivity index (χ3v) is 3.21. The van der Waals surface area contributed by atoms with Crippen LogP contribution in [0.25, 0.3) is 11.0 Å². The van der Waals surface area contributed by atoms with Crippen molar-refractivity contribution in [2.45, 2.75) is 32.6 Å². The monoisotopic (exact) mass is 261 g/mol. The highest BCUT2D eigenvalue weighted by molar-refractivity contribution is 6.83. The number of aryl methyl sites for hydroxylation is 1. The summed E-state index contributed by atoms with van der Waals surface area (Å²) in [5.41, 5.74) is 4.60. The Morgan fingerprint density at radius 3 is 2.67 bits per heavy atom. The Balaban J connectivity index is 2.06. The maximum absolute atomic E-state index is 13.0. The number of halogens is 1. The van der Waals surface area contributed by atoms with Gasteiger partial charge in [0.25, 0.3) is 0 Å². The number of aromatic nitrogens is 3. The number of hydrogen-bond acceptors (Lipinski definition) is 2. The Bertz CT molecular complexity index is 616. The molecular formula is C13H16FN3Si. The zero-order valence-electron chi connectivity index (χ0n) is 10.9. The standard InChI is InChI=1S/C13H16FN3Si/c1-18(2,3)9-5-4-8-17-15-12-7-6-11(14)10-13(12)16-17/h6-7,10H,4,8H2,1-3H3. The third-order valence-electron chi connectivity index (χ3n) is 2.28. The van der Waals surface area contributed by atoms with Crippen LogP contribution in [-0.4, -0.2) is 23.1 Å². The van der Waals surface area contributed by atoms with Gasteiger partial charge in [0.2, 0.25) is 0 Å². The van der Waals surface area contributed by atoms with Crippen molar-refractivity contribution in [3.63, 3.8) is 0 Å². The minimum Gasteiger partial charge on any atom is -0.207 e. The molecule has 1 heterocycles. The molecule has 0 unspecified atom stereocenters. The number of benzene rings is 1. The second-order valence-electron chi connectivity index (χ2n) is 5.23. The molecular weight excluding hydrogens is 245 g/mol. The molecule has 1 aromatic carbocycles. The van der Waals surface area contributed by atoms with Crippen molar-refractivity contribution in [3.8, 4) is 11.5 Å². The summed E-state index contributed by atoms with van der Waals surface area (Å²) in [7, 11) is -1.30. The molecule has 0 saturated heterocycles. The van der Waals surface area contributed by atoms with Gasteiger partial charge < -0.3 is 0 Å². The predicted molar refractivity (Wildman–Crippen MR) is 73.2 cm³/mol. The Hall–Kier alpha value is -1.67. The van der Waals surface area contributed by atoms with Gasteiger partial charge in [-0.2, -0.15) is 15.0 Å². The molecule has 3 nitrogen and oxygen atoms in total. The highest BCUT2D eigenvalue weighted by Gasteiger charge is 2.07. The van der Waals surface area contributed by atoms with Crippen molar-refractivity contribution in [2.24, 2.45) is 0 Å². The van der Waals surface area contributed by atoms with Crippen molar-refractivity contribution < 1.29 is 4.39 Å². The number of hydrogen-bond donors (Lipinski definition) is 0. The van der Waals surface area contributed by atoms with E-state index >= 15 is 0 Å². The molecule has 0 bridgehead atoms. The third kappa shape index (κ3) is 3.41. The maximum Gasteiger partial charge on any atom is 0.129 e. The van der Waals surface area contributed by atoms with Gasteiger partial charge in [-0.05, 0) is 12.1 Å². The van der Waals surface area contributed by atoms with Crippen LogP contribution in [0.1, 0.15) is 6.42 Å². The van der Waals surface area contributed by atoms with E-state index in [-0.39, 0.29) is 5.82 Å². The fraction of sp³-hybridized carbons (Fsp3) is 0.385. The lowest BCUT2D eigenvalue weighted by Gasteiger charge is -2.03. The maximum atomic E-state index is 13.0. The lowest BCUT2D eigenvalue weighted by Crippen LogP contribution is -2.16. The molecule has 0 aliphatic rings. The van der Waals surface area contributed by atoms with Crippen LogP contribution in [0.5, 0.6) is 0 Å². The summed E-state index contributed by atoms with van der Waals surface area (Å²) in [4.78, 5) is 1.59. The minimum atomic E-state index is -1.30. The SMILES string of the molecule is C[Si](C)(C)C#CCCn1nc2ccc(F)cc2n1. The van der Waals surface area contributed by atoms with Gasteiger partial charge in [0.05, 0.1) is 6.54 Å². The molecule has 1 aromatic heterocycles. The molecule has 0 atom stereocenters. The lowest BCUT2D eigenvalue weighted by atomic mass is 10.3. The molecule has 0 aliphatic carbocycles. The Morgan fingerprint density at radius 1 is 1.22 bits per heavy atom. The first-order valence-electron chi connectivity index (χ1n) is 5.94. The Labute approximate surface area is 107 Å². The lowest BCUT2D eigenvalue weighted by molar-refractivity contribution is 0.555. The second kappa shape index (κ2) is 4.90. The molecule has 0 N–H and O–H groups in total. The number of rotatable bonds is 2. The van der Waals surface area contributed by atoms with Crippen molar-refractivity contribution in [3.05, 3.63) is 24.0 Å². The van der Waals surface area contributed by atoms with E-state index in [4.69, 9.17) is 0 Å². The molecule has 0 aliphatic heterocycles. The average Bonchev–Trinajstić information content (AvgIpc) is 2.65. The van der Waals surface area contributed by atoms with Gasteiger partial charge in [-0.3, -0.25) is 0 Å². The molecule has 0 spiro atoms. The highest BCUT2D eigenvalue weighted by atomic mass is 28.3. The smallest absolute Gasteiger partial charge is 0.129 e. The van der Waals surface area contributed by atoms with Crippen LogP contribution in [0.2, 0.25) is 19.6 Å². The van der Waals surface area contributed by atoms with E-state index in [1.54, 1.807) is 10.9 Å². The first kappa shape index (κ1) is 12.8. The molecule has 0 fully saturated rings. The molecule has 18 heavy (non-hydrogen) atoms. The molecule has 0 amide bonds. The van der Waals surface area contributed by atoms with E-state index < -0.39 is 8.07 Å². The van der Waals surface area contributed by atoms with Crippen molar-refractivity contribution >= 4 is 19.1 Å². The van der Waals surface area contributed by atoms with Crippen LogP contribution in [0.3, 0.4) is 0 Å². The fourth-order valence-electron chi connectivity index (χ4n) is 1.52. The molecule has 0 radical (unpaired) electrons. The largest absolute Gasteiger partial charge is 0.207 e. The van der Waals surface area contributed by atoms with Crippen LogP contribution in [0.15, 0.2) is 18.2 Å². The first-order chi connectivity index (χ1) is 8.44. The minimum absolute atomic E-state index is 0.284. The predicted octanol–water partition coefficient (Wildman–Crippen LogP) is 2.84. The summed E-state index contributed by atoms with van der Waals surface area (Å²) in [6.07, 6.45) is 0.730. The summed E-state index contributed by atoms with van der Waals surface area (Å²) >= 11 is 0. The average molecular weight is 261 g/mol. The van der Waals surface area contributed by atoms with Crippen molar-refractivity contribution in [1.29, 1.82) is 0 Å². The van der Waals surface area contributed by atoms with E-state index in [2.05, 4.69) is 41.3 Å². The Kier molecular flexibility index (Phi) is 3.48. The van der Waals surface area contributed by atoms with E-state index in [1.807, 2.05) is 0 Å². The Morgan fingerprint density at radius 2 is 1.94 bits per heavy atom. The summed E-state index contributed by atoms with van der Waals surface area (Å²) in [5, 5.41) is 8.49. The van der Waals surface area contributed by atoms with Crippen molar-refractivity contribution in [1.82, 2.24) is 15.0 Å². The topological polar surface area (TPSA) is 30.7 Å². The van der Waals surface area contributed by atoms with E-state index in [9.17, 15) is 4.39 Å². The van der Waals surface area contributed by atoms with Gasteiger partial charge in [0, 0.05) is 12.5 Å². The normalized spacial score (nSPS) is 11.3. The van der Waals surface area contributed by atoms with Crippen LogP contribution < -0.4 is 0 Å². The molecule has 94 valence electrons. The summed E-state index contributed by atoms with van der Waals surface area (Å²) < 4.78 is 13.0. The molecule has 5 heteroatoms. The van der Waals surface area contributed by atoms with E-state index in [1.165, 1.54) is 12.1 Å². The zero-order chi connectivity index (χ0) is 13.2. The van der Waals surface area contributed by atoms with Crippen LogP contribution in [0.4, 0.5) is 4.39 Å². The highest BCUT2D eigenvalue weighted by Crippen LogP contribution is 2.10. The molecule has 2 rings (SSSR count). The van der Waals surface area contributed by atoms with Gasteiger partial charge in [0.15, 0.2) is 0 Å². The fourth-order valence-corrected chi connectivity index (χ4v) is 2.17. The number of nitrogens with zero attached hydrogens (tertiary/aromatic N) is 3. The van der Waals surface area contributed by atoms with Crippen LogP contribution in [-0.2, 0) is 6.54 Å². The zero-order valence-corrected chi connectivity index (χ0v) is 11.9. The number of fused-ring (bicyclic) bond motifs is 1. The quantitative estimate of drug-likeness (QED) is 0.615. The van der Waals surface area contributed by atoms with Gasteiger partial charge in [-0.15, -0.1) is 11.5 Å². The van der Waals surface area contributed by atoms with Gasteiger partial charge in [-0.1, -0.05) is 19.6 Å². The van der Waals surface area contributed by atoms with Gasteiger partial charge in [0.1, 0.15) is 24.9 Å². The van der Waals surface area contributed by atoms with Crippen LogP contribution in [0, 0.1) is 17.3 Å². The van der Waals surface area contributed by atoms with Crippen molar-refractivity contribution in [2.75, 3.05) is 0 Å². The first-order valence-corrected chi connectivity index (χ1v) is 9.44. The molecule has 2 aromatic rings. The van der Waals surface area contributed by atoms with E-state index in [0.717, 1.165) is 11.9 Å². The van der Waals surface area contributed by atoms with Gasteiger partial charge in [-0.25, -0.2) is 4.39 Å². The van der Waals surface area contributed by atoms with E-state index in [0.29, 0.717) is 12.1 Å². The van der Waals surface area contributed by atoms with Crippen LogP contribution >= 0.6 is 0 Å². The molecule has 0 saturated carbocycles. The van der Waals surface area contributed by atoms with Gasteiger partial charge >= 0.3 is 0 Å².